The second kappa shape index (κ2) is 7.33. The van der Waals surface area contributed by atoms with E-state index in [1.165, 1.54) is 30.2 Å². The molecule has 2 atom stereocenters. The minimum atomic E-state index is -1.18. The Morgan fingerprint density at radius 1 is 1.45 bits per heavy atom. The summed E-state index contributed by atoms with van der Waals surface area (Å²) in [4.78, 5) is 20.9. The number of aromatic nitrogens is 4. The van der Waals surface area contributed by atoms with Gasteiger partial charge in [0.15, 0.2) is 5.82 Å². The van der Waals surface area contributed by atoms with Crippen LogP contribution in [0.3, 0.4) is 0 Å². The van der Waals surface area contributed by atoms with Gasteiger partial charge in [-0.15, -0.1) is 0 Å². The van der Waals surface area contributed by atoms with Crippen LogP contribution in [0.1, 0.15) is 15.9 Å². The van der Waals surface area contributed by atoms with E-state index in [0.29, 0.717) is 28.9 Å². The monoisotopic (exact) mass is 396 g/mol. The van der Waals surface area contributed by atoms with Crippen LogP contribution >= 0.6 is 0 Å². The maximum absolute atomic E-state index is 13.9. The van der Waals surface area contributed by atoms with Crippen LogP contribution in [-0.4, -0.2) is 57.9 Å². The number of carbonyl (C=O) groups excluding carboxylic acids is 1. The van der Waals surface area contributed by atoms with Gasteiger partial charge in [0, 0.05) is 24.8 Å². The van der Waals surface area contributed by atoms with Crippen molar-refractivity contribution >= 4 is 17.2 Å². The van der Waals surface area contributed by atoms with Gasteiger partial charge in [0.05, 0.1) is 24.4 Å². The number of nitrogens with two attached hydrogens (primary N) is 1. The van der Waals surface area contributed by atoms with E-state index in [4.69, 9.17) is 10.5 Å². The summed E-state index contributed by atoms with van der Waals surface area (Å²) in [5, 5.41) is 19.2. The molecule has 148 valence electrons. The Labute approximate surface area is 164 Å². The zero-order valence-electron chi connectivity index (χ0n) is 15.4. The highest BCUT2D eigenvalue weighted by Gasteiger charge is 2.29. The lowest BCUT2D eigenvalue weighted by Crippen LogP contribution is -2.41. The van der Waals surface area contributed by atoms with Crippen molar-refractivity contribution in [1.82, 2.24) is 30.2 Å². The molecule has 0 unspecified atom stereocenters. The maximum Gasteiger partial charge on any atom is 0.257 e. The maximum atomic E-state index is 13.9. The van der Waals surface area contributed by atoms with Crippen molar-refractivity contribution in [3.63, 3.8) is 0 Å². The molecule has 1 aliphatic heterocycles. The molecule has 4 N–H and O–H groups in total. The number of nitrogen functional groups attached to an aromatic ring is 1. The van der Waals surface area contributed by atoms with Crippen LogP contribution in [0.25, 0.3) is 16.8 Å². The molecule has 1 aliphatic rings. The first-order valence-electron chi connectivity index (χ1n) is 8.76. The summed E-state index contributed by atoms with van der Waals surface area (Å²) >= 11 is 0. The summed E-state index contributed by atoms with van der Waals surface area (Å²) in [6.07, 6.45) is 1.55. The van der Waals surface area contributed by atoms with Crippen LogP contribution < -0.4 is 21.1 Å². The Kier molecular flexibility index (Phi) is 4.69. The average molecular weight is 396 g/mol. The number of carbonyl (C=O) groups is 1. The Hall–Kier alpha value is -3.78. The van der Waals surface area contributed by atoms with E-state index in [1.54, 1.807) is 6.07 Å². The van der Waals surface area contributed by atoms with Gasteiger partial charge >= 0.3 is 0 Å². The third kappa shape index (κ3) is 3.19. The number of ether oxygens (including phenoxy) is 1. The quantitative estimate of drug-likeness (QED) is 0.571. The summed E-state index contributed by atoms with van der Waals surface area (Å²) in [5.74, 6) is -0.230. The van der Waals surface area contributed by atoms with Gasteiger partial charge in [0.1, 0.15) is 29.6 Å². The largest absolute Gasteiger partial charge is 0.480 e. The summed E-state index contributed by atoms with van der Waals surface area (Å²) < 4.78 is 20.5. The lowest BCUT2D eigenvalue weighted by Gasteiger charge is -2.15. The number of anilines is 1. The molecule has 1 saturated heterocycles. The fourth-order valence-electron chi connectivity index (χ4n) is 3.31. The van der Waals surface area contributed by atoms with Gasteiger partial charge in [-0.2, -0.15) is 10.4 Å². The molecule has 11 heteroatoms. The van der Waals surface area contributed by atoms with Crippen LogP contribution in [0.2, 0.25) is 0 Å². The molecule has 0 saturated carbocycles. The first-order chi connectivity index (χ1) is 14.0. The lowest BCUT2D eigenvalue weighted by molar-refractivity contribution is 0.0920. The molecule has 0 spiro atoms. The number of amides is 1. The number of hydrogen-bond donors (Lipinski definition) is 3. The lowest BCUT2D eigenvalue weighted by atomic mass is 10.1. The normalized spacial score (nSPS) is 18.5. The van der Waals surface area contributed by atoms with Crippen molar-refractivity contribution in [3.8, 4) is 23.2 Å². The number of rotatable bonds is 4. The van der Waals surface area contributed by atoms with Gasteiger partial charge in [-0.25, -0.2) is 18.9 Å². The fraction of sp³-hybridized carbons (Fsp3) is 0.278. The standard InChI is InChI=1S/C18H17FN8O2/c1-29-18-11(17(28)26-13-7-22-6-12(13)19)2-10(5-23-18)15-9(4-20)3-14-16(21)24-8-25-27(14)15/h2-3,5,8,12-13,22H,6-7H2,1H3,(H,26,28)(H2,21,24,25)/t12-,13+/m0/s1. The van der Waals surface area contributed by atoms with Crippen molar-refractivity contribution in [2.24, 2.45) is 0 Å². The molecule has 0 radical (unpaired) electrons. The molecular weight excluding hydrogens is 379 g/mol. The molecule has 0 aliphatic carbocycles. The predicted molar refractivity (Wildman–Crippen MR) is 101 cm³/mol. The summed E-state index contributed by atoms with van der Waals surface area (Å²) in [5.41, 5.74) is 7.60. The molecular formula is C18H17FN8O2. The highest BCUT2D eigenvalue weighted by molar-refractivity contribution is 5.98. The molecule has 0 aromatic carbocycles. The number of alkyl halides is 1. The van der Waals surface area contributed by atoms with Gasteiger partial charge in [-0.1, -0.05) is 0 Å². The molecule has 4 rings (SSSR count). The van der Waals surface area contributed by atoms with E-state index in [0.717, 1.165) is 0 Å². The van der Waals surface area contributed by atoms with Crippen molar-refractivity contribution < 1.29 is 13.9 Å². The summed E-state index contributed by atoms with van der Waals surface area (Å²) in [7, 11) is 1.38. The summed E-state index contributed by atoms with van der Waals surface area (Å²) in [6.45, 7) is 0.517. The molecule has 1 amide bonds. The van der Waals surface area contributed by atoms with E-state index in [9.17, 15) is 14.4 Å². The predicted octanol–water partition coefficient (Wildman–Crippen LogP) is 0.293. The molecule has 10 nitrogen and oxygen atoms in total. The Bertz CT molecular complexity index is 1140. The number of nitriles is 1. The number of halogens is 1. The number of nitrogens with zero attached hydrogens (tertiary/aromatic N) is 5. The van der Waals surface area contributed by atoms with Crippen molar-refractivity contribution in [1.29, 1.82) is 5.26 Å². The van der Waals surface area contributed by atoms with Crippen molar-refractivity contribution in [2.75, 3.05) is 25.9 Å². The van der Waals surface area contributed by atoms with E-state index in [1.807, 2.05) is 0 Å². The van der Waals surface area contributed by atoms with Crippen LogP contribution in [0.15, 0.2) is 24.7 Å². The third-order valence-corrected chi connectivity index (χ3v) is 4.74. The number of methoxy groups -OCH3 is 1. The minimum Gasteiger partial charge on any atom is -0.480 e. The SMILES string of the molecule is COc1ncc(-c2c(C#N)cc3c(N)ncnn23)cc1C(=O)N[C@@H]1CNC[C@@H]1F. The average Bonchev–Trinajstić information content (AvgIpc) is 3.31. The van der Waals surface area contributed by atoms with E-state index < -0.39 is 18.1 Å². The minimum absolute atomic E-state index is 0.0844. The molecule has 0 bridgehead atoms. The third-order valence-electron chi connectivity index (χ3n) is 4.74. The van der Waals surface area contributed by atoms with Gasteiger partial charge < -0.3 is 21.1 Å². The van der Waals surface area contributed by atoms with Gasteiger partial charge in [0.2, 0.25) is 5.88 Å². The first kappa shape index (κ1) is 18.6. The van der Waals surface area contributed by atoms with E-state index in [-0.39, 0.29) is 23.8 Å². The summed E-state index contributed by atoms with van der Waals surface area (Å²) in [6, 6.07) is 4.53. The van der Waals surface area contributed by atoms with E-state index in [2.05, 4.69) is 31.8 Å². The molecule has 29 heavy (non-hydrogen) atoms. The Morgan fingerprint density at radius 3 is 2.97 bits per heavy atom. The van der Waals surface area contributed by atoms with Gasteiger partial charge in [-0.3, -0.25) is 4.79 Å². The second-order valence-corrected chi connectivity index (χ2v) is 6.50. The molecule has 1 fully saturated rings. The van der Waals surface area contributed by atoms with E-state index >= 15 is 0 Å². The smallest absolute Gasteiger partial charge is 0.257 e. The highest BCUT2D eigenvalue weighted by Crippen LogP contribution is 2.30. The zero-order valence-corrected chi connectivity index (χ0v) is 15.4. The topological polar surface area (TPSA) is 143 Å². The number of hydrogen-bond acceptors (Lipinski definition) is 8. The first-order valence-corrected chi connectivity index (χ1v) is 8.76. The Balaban J connectivity index is 1.80. The van der Waals surface area contributed by atoms with Gasteiger partial charge in [0.25, 0.3) is 5.91 Å². The zero-order chi connectivity index (χ0) is 20.5. The molecule has 4 heterocycles. The van der Waals surface area contributed by atoms with Crippen molar-refractivity contribution in [2.45, 2.75) is 12.2 Å². The van der Waals surface area contributed by atoms with Crippen LogP contribution in [-0.2, 0) is 0 Å². The van der Waals surface area contributed by atoms with Crippen LogP contribution in [0.4, 0.5) is 10.2 Å². The fourth-order valence-corrected chi connectivity index (χ4v) is 3.31. The molecule has 3 aromatic heterocycles. The van der Waals surface area contributed by atoms with Gasteiger partial charge in [-0.05, 0) is 12.1 Å². The molecule has 3 aromatic rings. The van der Waals surface area contributed by atoms with Crippen LogP contribution in [0, 0.1) is 11.3 Å². The second-order valence-electron chi connectivity index (χ2n) is 6.50. The highest BCUT2D eigenvalue weighted by atomic mass is 19.1. The number of nitrogens with one attached hydrogen (secondary N) is 2. The number of pyridine rings is 1. The Morgan fingerprint density at radius 2 is 2.28 bits per heavy atom. The number of fused-ring (bicyclic) bond motifs is 1. The van der Waals surface area contributed by atoms with Crippen LogP contribution in [0.5, 0.6) is 5.88 Å². The van der Waals surface area contributed by atoms with Crippen molar-refractivity contribution in [3.05, 3.63) is 35.8 Å².